The zero-order valence-electron chi connectivity index (χ0n) is 11.2. The van der Waals surface area contributed by atoms with E-state index in [1.807, 2.05) is 25.1 Å². The highest BCUT2D eigenvalue weighted by molar-refractivity contribution is 8.38. The van der Waals surface area contributed by atoms with Crippen LogP contribution in [0.1, 0.15) is 25.8 Å². The average Bonchev–Trinajstić information content (AvgIpc) is 2.44. The van der Waals surface area contributed by atoms with Crippen LogP contribution < -0.4 is 5.32 Å². The summed E-state index contributed by atoms with van der Waals surface area (Å²) in [7, 11) is 0. The first-order chi connectivity index (χ1) is 9.19. The second-order valence-electron chi connectivity index (χ2n) is 4.46. The smallest absolute Gasteiger partial charge is 0.230 e. The molecule has 1 aromatic rings. The van der Waals surface area contributed by atoms with Crippen molar-refractivity contribution in [1.82, 2.24) is 5.32 Å². The van der Waals surface area contributed by atoms with Crippen LogP contribution in [0.15, 0.2) is 29.3 Å². The fourth-order valence-electron chi connectivity index (χ4n) is 1.63. The first kappa shape index (κ1) is 14.5. The van der Waals surface area contributed by atoms with Crippen molar-refractivity contribution in [2.45, 2.75) is 32.1 Å². The van der Waals surface area contributed by atoms with Crippen LogP contribution >= 0.6 is 23.5 Å². The molecule has 0 aromatic heterocycles. The number of fused-ring (bicyclic) bond motifs is 1. The Kier molecular flexibility index (Phi) is 5.34. The molecule has 1 amide bonds. The highest BCUT2D eigenvalue weighted by Gasteiger charge is 2.14. The van der Waals surface area contributed by atoms with Crippen molar-refractivity contribution in [2.75, 3.05) is 5.75 Å². The molecule has 0 radical (unpaired) electrons. The Hall–Kier alpha value is -0.940. The summed E-state index contributed by atoms with van der Waals surface area (Å²) >= 11 is 3.23. The number of benzene rings is 1. The Morgan fingerprint density at radius 2 is 2.32 bits per heavy atom. The predicted molar refractivity (Wildman–Crippen MR) is 85.2 cm³/mol. The second-order valence-corrected chi connectivity index (χ2v) is 6.65. The van der Waals surface area contributed by atoms with Crippen molar-refractivity contribution in [3.05, 3.63) is 29.8 Å². The molecule has 0 aliphatic carbocycles. The number of carbonyl (C=O) groups excluding carboxylic acids is 1. The van der Waals surface area contributed by atoms with Gasteiger partial charge in [0.25, 0.3) is 0 Å². The van der Waals surface area contributed by atoms with Crippen molar-refractivity contribution in [1.29, 1.82) is 0 Å². The van der Waals surface area contributed by atoms with E-state index in [0.717, 1.165) is 22.2 Å². The fraction of sp³-hybridized carbons (Fsp3) is 0.429. The van der Waals surface area contributed by atoms with Crippen LogP contribution in [-0.4, -0.2) is 22.1 Å². The van der Waals surface area contributed by atoms with Crippen molar-refractivity contribution < 1.29 is 4.79 Å². The standard InChI is InChI=1S/C14H18N2OS2/c1-3-10(2)15-13(17)9-19-14-16-12-7-5-4-6-11(12)8-18-14/h4-7,10H,3,8-9H2,1-2H3,(H,15,17)/t10-/m1/s1. The molecular formula is C14H18N2OS2. The highest BCUT2D eigenvalue weighted by atomic mass is 32.2. The van der Waals surface area contributed by atoms with Crippen molar-refractivity contribution in [2.24, 2.45) is 4.99 Å². The quantitative estimate of drug-likeness (QED) is 0.923. The maximum atomic E-state index is 11.7. The molecule has 0 spiro atoms. The third-order valence-electron chi connectivity index (χ3n) is 2.90. The van der Waals surface area contributed by atoms with Crippen LogP contribution in [0.2, 0.25) is 0 Å². The topological polar surface area (TPSA) is 41.5 Å². The number of nitrogens with one attached hydrogen (secondary N) is 1. The second kappa shape index (κ2) is 7.01. The minimum Gasteiger partial charge on any atom is -0.353 e. The van der Waals surface area contributed by atoms with E-state index >= 15 is 0 Å². The van der Waals surface area contributed by atoms with Gasteiger partial charge < -0.3 is 5.32 Å². The van der Waals surface area contributed by atoms with Crippen LogP contribution in [-0.2, 0) is 10.5 Å². The van der Waals surface area contributed by atoms with E-state index in [1.165, 1.54) is 17.3 Å². The molecule has 0 fully saturated rings. The third kappa shape index (κ3) is 4.28. The van der Waals surface area contributed by atoms with Gasteiger partial charge >= 0.3 is 0 Å². The van der Waals surface area contributed by atoms with E-state index in [0.29, 0.717) is 5.75 Å². The van der Waals surface area contributed by atoms with Gasteiger partial charge in [-0.05, 0) is 25.0 Å². The van der Waals surface area contributed by atoms with Gasteiger partial charge in [0, 0.05) is 11.8 Å². The molecule has 1 aliphatic rings. The van der Waals surface area contributed by atoms with Gasteiger partial charge in [0.1, 0.15) is 4.38 Å². The molecule has 0 saturated carbocycles. The maximum absolute atomic E-state index is 11.7. The summed E-state index contributed by atoms with van der Waals surface area (Å²) in [5.41, 5.74) is 2.30. The van der Waals surface area contributed by atoms with Gasteiger partial charge in [0.2, 0.25) is 5.91 Å². The molecule has 1 heterocycles. The van der Waals surface area contributed by atoms with Crippen LogP contribution in [0.3, 0.4) is 0 Å². The summed E-state index contributed by atoms with van der Waals surface area (Å²) in [4.78, 5) is 16.3. The number of thioether (sulfide) groups is 2. The van der Waals surface area contributed by atoms with E-state index in [9.17, 15) is 4.79 Å². The number of nitrogens with zero attached hydrogens (tertiary/aromatic N) is 1. The van der Waals surface area contributed by atoms with E-state index in [4.69, 9.17) is 0 Å². The average molecular weight is 294 g/mol. The van der Waals surface area contributed by atoms with E-state index in [1.54, 1.807) is 11.8 Å². The van der Waals surface area contributed by atoms with Gasteiger partial charge in [0.15, 0.2) is 0 Å². The molecule has 102 valence electrons. The Bertz CT molecular complexity index is 488. The third-order valence-corrected chi connectivity index (χ3v) is 5.15. The van der Waals surface area contributed by atoms with Crippen molar-refractivity contribution in [3.63, 3.8) is 0 Å². The van der Waals surface area contributed by atoms with Gasteiger partial charge in [-0.3, -0.25) is 4.79 Å². The van der Waals surface area contributed by atoms with Crippen LogP contribution in [0.5, 0.6) is 0 Å². The fourth-order valence-corrected chi connectivity index (χ4v) is 3.51. The summed E-state index contributed by atoms with van der Waals surface area (Å²) in [6, 6.07) is 8.40. The normalized spacial score (nSPS) is 15.4. The lowest BCUT2D eigenvalue weighted by molar-refractivity contribution is -0.119. The first-order valence-electron chi connectivity index (χ1n) is 6.40. The van der Waals surface area contributed by atoms with Gasteiger partial charge in [-0.2, -0.15) is 0 Å². The van der Waals surface area contributed by atoms with Crippen LogP contribution in [0, 0.1) is 0 Å². The summed E-state index contributed by atoms with van der Waals surface area (Å²) < 4.78 is 0.984. The predicted octanol–water partition coefficient (Wildman–Crippen LogP) is 3.57. The number of aliphatic imine (C=N–C) groups is 1. The molecule has 5 heteroatoms. The Labute approximate surface area is 122 Å². The van der Waals surface area contributed by atoms with Crippen LogP contribution in [0.4, 0.5) is 5.69 Å². The summed E-state index contributed by atoms with van der Waals surface area (Å²) in [6.07, 6.45) is 0.958. The van der Waals surface area contributed by atoms with E-state index < -0.39 is 0 Å². The Morgan fingerprint density at radius 1 is 1.53 bits per heavy atom. The molecule has 3 nitrogen and oxygen atoms in total. The van der Waals surface area contributed by atoms with Crippen LogP contribution in [0.25, 0.3) is 0 Å². The molecule has 1 aromatic carbocycles. The van der Waals surface area contributed by atoms with Gasteiger partial charge in [-0.1, -0.05) is 48.6 Å². The number of para-hydroxylation sites is 1. The lowest BCUT2D eigenvalue weighted by atomic mass is 10.2. The van der Waals surface area contributed by atoms with Gasteiger partial charge in [-0.25, -0.2) is 4.99 Å². The molecule has 0 unspecified atom stereocenters. The number of carbonyl (C=O) groups is 1. The molecule has 0 bridgehead atoms. The lowest BCUT2D eigenvalue weighted by Gasteiger charge is -2.15. The minimum absolute atomic E-state index is 0.0847. The molecule has 0 saturated heterocycles. The number of hydrogen-bond donors (Lipinski definition) is 1. The molecule has 19 heavy (non-hydrogen) atoms. The molecule has 1 aliphatic heterocycles. The Morgan fingerprint density at radius 3 is 3.11 bits per heavy atom. The monoisotopic (exact) mass is 294 g/mol. The van der Waals surface area contributed by atoms with Crippen molar-refractivity contribution in [3.8, 4) is 0 Å². The maximum Gasteiger partial charge on any atom is 0.230 e. The van der Waals surface area contributed by atoms with E-state index in [2.05, 4.69) is 23.3 Å². The number of amides is 1. The first-order valence-corrected chi connectivity index (χ1v) is 8.37. The zero-order chi connectivity index (χ0) is 13.7. The molecule has 1 atom stereocenters. The summed E-state index contributed by atoms with van der Waals surface area (Å²) in [6.45, 7) is 4.09. The summed E-state index contributed by atoms with van der Waals surface area (Å²) in [5, 5.41) is 2.96. The molecule has 1 N–H and O–H groups in total. The van der Waals surface area contributed by atoms with Gasteiger partial charge in [0.05, 0.1) is 11.4 Å². The number of hydrogen-bond acceptors (Lipinski definition) is 4. The zero-order valence-corrected chi connectivity index (χ0v) is 12.8. The van der Waals surface area contributed by atoms with E-state index in [-0.39, 0.29) is 11.9 Å². The number of rotatable bonds is 4. The van der Waals surface area contributed by atoms with Crippen molar-refractivity contribution >= 4 is 39.5 Å². The minimum atomic E-state index is 0.0847. The lowest BCUT2D eigenvalue weighted by Crippen LogP contribution is -2.33. The molecule has 2 rings (SSSR count). The Balaban J connectivity index is 1.88. The van der Waals surface area contributed by atoms with Gasteiger partial charge in [-0.15, -0.1) is 0 Å². The summed E-state index contributed by atoms with van der Waals surface area (Å²) in [5.74, 6) is 1.47. The largest absolute Gasteiger partial charge is 0.353 e. The SMILES string of the molecule is CC[C@@H](C)NC(=O)CSC1=Nc2ccccc2CS1. The highest BCUT2D eigenvalue weighted by Crippen LogP contribution is 2.34. The molecular weight excluding hydrogens is 276 g/mol.